The lowest BCUT2D eigenvalue weighted by Crippen LogP contribution is -2.10. The van der Waals surface area contributed by atoms with Crippen molar-refractivity contribution in [3.63, 3.8) is 0 Å². The van der Waals surface area contributed by atoms with Crippen LogP contribution in [-0.2, 0) is 0 Å². The van der Waals surface area contributed by atoms with E-state index < -0.39 is 0 Å². The summed E-state index contributed by atoms with van der Waals surface area (Å²) in [5, 5.41) is 0.601. The predicted octanol–water partition coefficient (Wildman–Crippen LogP) is 4.32. The van der Waals surface area contributed by atoms with E-state index in [1.807, 2.05) is 44.4 Å². The van der Waals surface area contributed by atoms with Crippen molar-refractivity contribution in [1.82, 2.24) is 9.97 Å². The minimum absolute atomic E-state index is 0.122. The molecule has 2 aromatic heterocycles. The second kappa shape index (κ2) is 6.48. The maximum Gasteiger partial charge on any atom is 0.257 e. The Kier molecular flexibility index (Phi) is 4.01. The number of fused-ring (bicyclic) bond motifs is 1. The first-order chi connectivity index (χ1) is 12.6. The number of H-pyrrole nitrogens is 1. The molecule has 0 atom stereocenters. The maximum absolute atomic E-state index is 12.4. The molecule has 2 aromatic carbocycles. The molecule has 0 unspecified atom stereocenters. The van der Waals surface area contributed by atoms with E-state index in [1.165, 1.54) is 0 Å². The van der Waals surface area contributed by atoms with Crippen molar-refractivity contribution >= 4 is 16.6 Å². The van der Waals surface area contributed by atoms with E-state index in [0.717, 1.165) is 28.1 Å². The minimum Gasteiger partial charge on any atom is -0.377 e. The molecular weight excluding hydrogens is 322 g/mol. The third-order valence-corrected chi connectivity index (χ3v) is 4.49. The van der Waals surface area contributed by atoms with Crippen molar-refractivity contribution in [3.8, 4) is 22.4 Å². The van der Waals surface area contributed by atoms with Crippen molar-refractivity contribution in [3.05, 3.63) is 83.3 Å². The Bertz CT molecular complexity index is 1130. The van der Waals surface area contributed by atoms with Crippen LogP contribution in [0.2, 0.25) is 0 Å². The molecule has 0 saturated heterocycles. The normalized spacial score (nSPS) is 10.8. The zero-order valence-corrected chi connectivity index (χ0v) is 14.7. The van der Waals surface area contributed by atoms with E-state index in [1.54, 1.807) is 18.3 Å². The second-order valence-corrected chi connectivity index (χ2v) is 6.44. The van der Waals surface area contributed by atoms with E-state index in [-0.39, 0.29) is 5.56 Å². The van der Waals surface area contributed by atoms with Gasteiger partial charge in [-0.3, -0.25) is 9.78 Å². The van der Waals surface area contributed by atoms with Gasteiger partial charge in [0.2, 0.25) is 0 Å². The SMILES string of the molecule is CN(C)c1ccc(-c2cc3ncccc3c(=O)[nH]2)cc1-c1ccccc1. The van der Waals surface area contributed by atoms with Crippen LogP contribution < -0.4 is 10.5 Å². The van der Waals surface area contributed by atoms with Crippen molar-refractivity contribution in [1.29, 1.82) is 0 Å². The number of benzene rings is 2. The van der Waals surface area contributed by atoms with Gasteiger partial charge in [-0.05, 0) is 41.5 Å². The van der Waals surface area contributed by atoms with Crippen LogP contribution in [0.4, 0.5) is 5.69 Å². The van der Waals surface area contributed by atoms with Crippen molar-refractivity contribution in [2.75, 3.05) is 19.0 Å². The van der Waals surface area contributed by atoms with E-state index in [0.29, 0.717) is 10.9 Å². The smallest absolute Gasteiger partial charge is 0.257 e. The highest BCUT2D eigenvalue weighted by molar-refractivity contribution is 5.85. The molecule has 26 heavy (non-hydrogen) atoms. The highest BCUT2D eigenvalue weighted by atomic mass is 16.1. The third kappa shape index (κ3) is 2.86. The van der Waals surface area contributed by atoms with Crippen LogP contribution in [0, 0.1) is 0 Å². The van der Waals surface area contributed by atoms with Crippen molar-refractivity contribution in [2.45, 2.75) is 0 Å². The van der Waals surface area contributed by atoms with Gasteiger partial charge in [-0.25, -0.2) is 0 Å². The Morgan fingerprint density at radius 1 is 0.885 bits per heavy atom. The van der Waals surface area contributed by atoms with Gasteiger partial charge in [0.05, 0.1) is 16.6 Å². The van der Waals surface area contributed by atoms with E-state index >= 15 is 0 Å². The number of anilines is 1. The monoisotopic (exact) mass is 341 g/mol. The maximum atomic E-state index is 12.4. The largest absolute Gasteiger partial charge is 0.377 e. The van der Waals surface area contributed by atoms with Crippen molar-refractivity contribution in [2.24, 2.45) is 0 Å². The number of nitrogens with one attached hydrogen (secondary N) is 1. The van der Waals surface area contributed by atoms with Crippen LogP contribution in [0.3, 0.4) is 0 Å². The molecule has 0 spiro atoms. The van der Waals surface area contributed by atoms with E-state index in [2.05, 4.69) is 39.1 Å². The molecule has 0 amide bonds. The summed E-state index contributed by atoms with van der Waals surface area (Å²) in [6, 6.07) is 22.0. The summed E-state index contributed by atoms with van der Waals surface area (Å²) >= 11 is 0. The molecule has 128 valence electrons. The summed E-state index contributed by atoms with van der Waals surface area (Å²) in [5.41, 5.74) is 5.69. The number of nitrogens with zero attached hydrogens (tertiary/aromatic N) is 2. The molecule has 0 aliphatic heterocycles. The second-order valence-electron chi connectivity index (χ2n) is 6.44. The van der Waals surface area contributed by atoms with Crippen LogP contribution in [0.1, 0.15) is 0 Å². The quantitative estimate of drug-likeness (QED) is 0.604. The Morgan fingerprint density at radius 2 is 1.69 bits per heavy atom. The summed E-state index contributed by atoms with van der Waals surface area (Å²) < 4.78 is 0. The van der Waals surface area contributed by atoms with Crippen molar-refractivity contribution < 1.29 is 0 Å². The van der Waals surface area contributed by atoms with Gasteiger partial charge in [-0.15, -0.1) is 0 Å². The standard InChI is InChI=1S/C22H19N3O/c1-25(2)21-11-10-16(13-18(21)15-7-4-3-5-8-15)19-14-20-17(22(26)24-19)9-6-12-23-20/h3-14H,1-2H3,(H,24,26). The molecule has 4 heteroatoms. The van der Waals surface area contributed by atoms with Gasteiger partial charge < -0.3 is 9.88 Å². The molecule has 4 aromatic rings. The van der Waals surface area contributed by atoms with Crippen LogP contribution in [0.25, 0.3) is 33.3 Å². The zero-order chi connectivity index (χ0) is 18.1. The first-order valence-electron chi connectivity index (χ1n) is 8.49. The first-order valence-corrected chi connectivity index (χ1v) is 8.49. The molecule has 1 N–H and O–H groups in total. The van der Waals surface area contributed by atoms with Gasteiger partial charge in [0, 0.05) is 31.5 Å². The first kappa shape index (κ1) is 16.1. The molecule has 0 aliphatic carbocycles. The fourth-order valence-electron chi connectivity index (χ4n) is 3.18. The molecule has 4 rings (SSSR count). The number of hydrogen-bond donors (Lipinski definition) is 1. The lowest BCUT2D eigenvalue weighted by atomic mass is 9.98. The number of aromatic nitrogens is 2. The number of hydrogen-bond acceptors (Lipinski definition) is 3. The average molecular weight is 341 g/mol. The molecule has 0 aliphatic rings. The lowest BCUT2D eigenvalue weighted by molar-refractivity contribution is 1.13. The molecule has 0 radical (unpaired) electrons. The Balaban J connectivity index is 1.92. The van der Waals surface area contributed by atoms with Gasteiger partial charge in [0.15, 0.2) is 0 Å². The van der Waals surface area contributed by atoms with E-state index in [9.17, 15) is 4.79 Å². The minimum atomic E-state index is -0.122. The molecule has 0 bridgehead atoms. The summed E-state index contributed by atoms with van der Waals surface area (Å²) in [5.74, 6) is 0. The number of rotatable bonds is 3. The molecular formula is C22H19N3O. The highest BCUT2D eigenvalue weighted by Gasteiger charge is 2.11. The molecule has 2 heterocycles. The average Bonchev–Trinajstić information content (AvgIpc) is 2.68. The van der Waals surface area contributed by atoms with Crippen LogP contribution in [0.15, 0.2) is 77.7 Å². The van der Waals surface area contributed by atoms with Crippen LogP contribution in [-0.4, -0.2) is 24.1 Å². The van der Waals surface area contributed by atoms with Gasteiger partial charge in [0.1, 0.15) is 0 Å². The van der Waals surface area contributed by atoms with Gasteiger partial charge >= 0.3 is 0 Å². The fourth-order valence-corrected chi connectivity index (χ4v) is 3.18. The molecule has 4 nitrogen and oxygen atoms in total. The van der Waals surface area contributed by atoms with Crippen LogP contribution in [0.5, 0.6) is 0 Å². The number of aromatic amines is 1. The summed E-state index contributed by atoms with van der Waals surface area (Å²) in [4.78, 5) is 21.8. The van der Waals surface area contributed by atoms with Gasteiger partial charge in [-0.2, -0.15) is 0 Å². The Labute approximate surface area is 151 Å². The van der Waals surface area contributed by atoms with E-state index in [4.69, 9.17) is 0 Å². The Morgan fingerprint density at radius 3 is 2.46 bits per heavy atom. The van der Waals surface area contributed by atoms with Gasteiger partial charge in [0.25, 0.3) is 5.56 Å². The van der Waals surface area contributed by atoms with Crippen LogP contribution >= 0.6 is 0 Å². The summed E-state index contributed by atoms with van der Waals surface area (Å²) in [6.45, 7) is 0. The lowest BCUT2D eigenvalue weighted by Gasteiger charge is -2.19. The molecule has 0 saturated carbocycles. The molecule has 0 fully saturated rings. The third-order valence-electron chi connectivity index (χ3n) is 4.49. The number of pyridine rings is 2. The predicted molar refractivity (Wildman–Crippen MR) is 108 cm³/mol. The fraction of sp³-hybridized carbons (Fsp3) is 0.0909. The zero-order valence-electron chi connectivity index (χ0n) is 14.7. The Hall–Kier alpha value is -3.40. The topological polar surface area (TPSA) is 49.0 Å². The summed E-state index contributed by atoms with van der Waals surface area (Å²) in [6.07, 6.45) is 1.70. The van der Waals surface area contributed by atoms with Gasteiger partial charge in [-0.1, -0.05) is 36.4 Å². The summed E-state index contributed by atoms with van der Waals surface area (Å²) in [7, 11) is 4.06. The highest BCUT2D eigenvalue weighted by Crippen LogP contribution is 2.33.